The molecule has 0 fully saturated rings. The number of nitrogen functional groups attached to an aromatic ring is 1. The van der Waals surface area contributed by atoms with Gasteiger partial charge in [0, 0.05) is 29.6 Å². The summed E-state index contributed by atoms with van der Waals surface area (Å²) in [6.07, 6.45) is 5.38. The highest BCUT2D eigenvalue weighted by Gasteiger charge is 2.20. The lowest BCUT2D eigenvalue weighted by Gasteiger charge is -2.07. The van der Waals surface area contributed by atoms with Crippen LogP contribution in [0.15, 0.2) is 18.5 Å². The third-order valence-corrected chi connectivity index (χ3v) is 5.12. The quantitative estimate of drug-likeness (QED) is 0.685. The Morgan fingerprint density at radius 1 is 1.48 bits per heavy atom. The molecule has 7 heteroatoms. The highest BCUT2D eigenvalue weighted by atomic mass is 32.2. The lowest BCUT2D eigenvalue weighted by atomic mass is 10.1. The number of aromatic nitrogens is 3. The van der Waals surface area contributed by atoms with Gasteiger partial charge in [0.15, 0.2) is 5.75 Å². The van der Waals surface area contributed by atoms with Crippen molar-refractivity contribution in [3.05, 3.63) is 24.2 Å². The van der Waals surface area contributed by atoms with Crippen molar-refractivity contribution in [2.75, 3.05) is 17.7 Å². The van der Waals surface area contributed by atoms with Crippen LogP contribution in [0.25, 0.3) is 20.9 Å². The largest absolute Gasteiger partial charge is 0.504 e. The van der Waals surface area contributed by atoms with E-state index in [1.807, 2.05) is 6.07 Å². The second-order valence-corrected chi connectivity index (χ2v) is 6.86. The summed E-state index contributed by atoms with van der Waals surface area (Å²) in [6, 6.07) is 1.83. The molecule has 5 nitrogen and oxygen atoms in total. The lowest BCUT2D eigenvalue weighted by Crippen LogP contribution is -1.96. The summed E-state index contributed by atoms with van der Waals surface area (Å²) in [5.74, 6) is 1.47. The van der Waals surface area contributed by atoms with E-state index in [2.05, 4.69) is 28.1 Å². The molecule has 1 unspecified atom stereocenters. The number of pyridine rings is 1. The van der Waals surface area contributed by atoms with Crippen molar-refractivity contribution in [2.45, 2.75) is 12.8 Å². The van der Waals surface area contributed by atoms with Crippen LogP contribution in [0, 0.1) is 0 Å². The summed E-state index contributed by atoms with van der Waals surface area (Å²) in [7, 11) is 0. The van der Waals surface area contributed by atoms with E-state index in [0.29, 0.717) is 11.2 Å². The molecule has 0 aliphatic rings. The Labute approximate surface area is 130 Å². The number of thiazole rings is 1. The molecule has 0 saturated carbocycles. The van der Waals surface area contributed by atoms with Crippen LogP contribution in [0.1, 0.15) is 18.5 Å². The van der Waals surface area contributed by atoms with Crippen LogP contribution in [0.2, 0.25) is 0 Å². The van der Waals surface area contributed by atoms with Crippen molar-refractivity contribution in [3.8, 4) is 16.3 Å². The Kier molecular flexibility index (Phi) is 3.77. The maximum absolute atomic E-state index is 10.4. The number of hydrogen-bond acceptors (Lipinski definition) is 6. The van der Waals surface area contributed by atoms with Gasteiger partial charge in [-0.2, -0.15) is 11.8 Å². The molecule has 3 aromatic heterocycles. The zero-order valence-corrected chi connectivity index (χ0v) is 13.4. The minimum absolute atomic E-state index is 0.255. The molecule has 0 bridgehead atoms. The monoisotopic (exact) mass is 320 g/mol. The molecule has 4 N–H and O–H groups in total. The number of rotatable bonds is 4. The van der Waals surface area contributed by atoms with Crippen LogP contribution in [0.4, 0.5) is 5.69 Å². The van der Waals surface area contributed by atoms with Gasteiger partial charge in [0.25, 0.3) is 0 Å². The van der Waals surface area contributed by atoms with Crippen LogP contribution in [0.5, 0.6) is 5.75 Å². The summed E-state index contributed by atoms with van der Waals surface area (Å²) in [6.45, 7) is 2.09. The van der Waals surface area contributed by atoms with Crippen molar-refractivity contribution in [1.82, 2.24) is 15.0 Å². The first-order valence-corrected chi connectivity index (χ1v) is 8.72. The molecular weight excluding hydrogens is 304 g/mol. The molecule has 3 rings (SSSR count). The van der Waals surface area contributed by atoms with Crippen molar-refractivity contribution >= 4 is 39.1 Å². The Bertz CT molecular complexity index is 780. The van der Waals surface area contributed by atoms with E-state index in [1.165, 1.54) is 11.3 Å². The first kappa shape index (κ1) is 14.2. The number of hydrogen-bond donors (Lipinski definition) is 3. The smallest absolute Gasteiger partial charge is 0.164 e. The normalized spacial score (nSPS) is 12.9. The Balaban J connectivity index is 2.03. The molecule has 3 aromatic rings. The molecule has 0 aromatic carbocycles. The molecule has 21 heavy (non-hydrogen) atoms. The van der Waals surface area contributed by atoms with Crippen molar-refractivity contribution in [2.24, 2.45) is 0 Å². The fourth-order valence-corrected chi connectivity index (χ4v) is 3.89. The minimum Gasteiger partial charge on any atom is -0.504 e. The first-order valence-electron chi connectivity index (χ1n) is 6.51. The third-order valence-electron chi connectivity index (χ3n) is 3.27. The van der Waals surface area contributed by atoms with E-state index in [9.17, 15) is 5.11 Å². The van der Waals surface area contributed by atoms with Crippen LogP contribution in [0.3, 0.4) is 0 Å². The van der Waals surface area contributed by atoms with Crippen LogP contribution in [-0.2, 0) is 0 Å². The van der Waals surface area contributed by atoms with E-state index in [0.717, 1.165) is 26.8 Å². The summed E-state index contributed by atoms with van der Waals surface area (Å²) < 4.78 is 0. The molecule has 0 aliphatic heterocycles. The molecule has 3 heterocycles. The zero-order chi connectivity index (χ0) is 15.0. The van der Waals surface area contributed by atoms with E-state index in [-0.39, 0.29) is 11.7 Å². The summed E-state index contributed by atoms with van der Waals surface area (Å²) in [4.78, 5) is 12.8. The van der Waals surface area contributed by atoms with Gasteiger partial charge in [0.1, 0.15) is 15.4 Å². The standard InChI is InChI=1S/C14H16N4OS2/c1-7(6-20-2)10-12(19)11-14(17-10)21-13(18-11)8-3-9(15)5-16-4-8/h3-5,7,17,19H,6,15H2,1-2H3. The molecular formula is C14H16N4OS2. The van der Waals surface area contributed by atoms with Crippen molar-refractivity contribution in [3.63, 3.8) is 0 Å². The minimum atomic E-state index is 0.255. The topological polar surface area (TPSA) is 87.8 Å². The highest BCUT2D eigenvalue weighted by Crippen LogP contribution is 2.39. The molecule has 0 aliphatic carbocycles. The fraction of sp³-hybridized carbons (Fsp3) is 0.286. The van der Waals surface area contributed by atoms with E-state index in [4.69, 9.17) is 5.73 Å². The van der Waals surface area contributed by atoms with Crippen LogP contribution in [-0.4, -0.2) is 32.1 Å². The maximum Gasteiger partial charge on any atom is 0.164 e. The number of thioether (sulfide) groups is 1. The Hall–Kier alpha value is -1.73. The number of nitrogens with one attached hydrogen (secondary N) is 1. The predicted molar refractivity (Wildman–Crippen MR) is 90.1 cm³/mol. The molecule has 0 spiro atoms. The Morgan fingerprint density at radius 3 is 2.95 bits per heavy atom. The summed E-state index contributed by atoms with van der Waals surface area (Å²) in [5.41, 5.74) is 8.69. The summed E-state index contributed by atoms with van der Waals surface area (Å²) >= 11 is 3.26. The summed E-state index contributed by atoms with van der Waals surface area (Å²) in [5, 5.41) is 11.2. The number of fused-ring (bicyclic) bond motifs is 1. The number of H-pyrrole nitrogens is 1. The number of nitrogens with zero attached hydrogens (tertiary/aromatic N) is 2. The highest BCUT2D eigenvalue weighted by molar-refractivity contribution is 7.98. The van der Waals surface area contributed by atoms with Crippen molar-refractivity contribution < 1.29 is 5.11 Å². The second kappa shape index (κ2) is 5.57. The van der Waals surface area contributed by atoms with Gasteiger partial charge < -0.3 is 15.8 Å². The zero-order valence-electron chi connectivity index (χ0n) is 11.8. The van der Waals surface area contributed by atoms with Gasteiger partial charge in [0.05, 0.1) is 11.4 Å². The number of aromatic amines is 1. The number of nitrogens with two attached hydrogens (primary N) is 1. The third kappa shape index (κ3) is 2.58. The van der Waals surface area contributed by atoms with E-state index >= 15 is 0 Å². The fourth-order valence-electron chi connectivity index (χ4n) is 2.26. The van der Waals surface area contributed by atoms with Gasteiger partial charge >= 0.3 is 0 Å². The van der Waals surface area contributed by atoms with Gasteiger partial charge in [-0.05, 0) is 12.3 Å². The number of anilines is 1. The van der Waals surface area contributed by atoms with Crippen molar-refractivity contribution in [1.29, 1.82) is 0 Å². The predicted octanol–water partition coefficient (Wildman–Crippen LogP) is 3.44. The molecule has 110 valence electrons. The van der Waals surface area contributed by atoms with E-state index in [1.54, 1.807) is 24.2 Å². The van der Waals surface area contributed by atoms with Crippen LogP contribution >= 0.6 is 23.1 Å². The van der Waals surface area contributed by atoms with Gasteiger partial charge in [0.2, 0.25) is 0 Å². The average molecular weight is 320 g/mol. The first-order chi connectivity index (χ1) is 10.1. The molecule has 1 atom stereocenters. The van der Waals surface area contributed by atoms with Gasteiger partial charge in [-0.25, -0.2) is 4.98 Å². The SMILES string of the molecule is CSCC(C)c1[nH]c2sc(-c3cncc(N)c3)nc2c1O. The molecule has 0 radical (unpaired) electrons. The van der Waals surface area contributed by atoms with E-state index < -0.39 is 0 Å². The van der Waals surface area contributed by atoms with Gasteiger partial charge in [-0.1, -0.05) is 18.3 Å². The average Bonchev–Trinajstić information content (AvgIpc) is 2.99. The Morgan fingerprint density at radius 2 is 2.29 bits per heavy atom. The van der Waals surface area contributed by atoms with Gasteiger partial charge in [-0.15, -0.1) is 0 Å². The second-order valence-electron chi connectivity index (χ2n) is 4.95. The lowest BCUT2D eigenvalue weighted by molar-refractivity contribution is 0.469. The maximum atomic E-state index is 10.4. The molecule has 0 amide bonds. The van der Waals surface area contributed by atoms with Crippen LogP contribution < -0.4 is 5.73 Å². The van der Waals surface area contributed by atoms with Gasteiger partial charge in [-0.3, -0.25) is 4.98 Å². The molecule has 0 saturated heterocycles. The number of aromatic hydroxyl groups is 1.